The number of fused-ring (bicyclic) bond motifs is 1. The van der Waals surface area contributed by atoms with Gasteiger partial charge in [-0.3, -0.25) is 4.79 Å². The third-order valence-corrected chi connectivity index (χ3v) is 5.62. The van der Waals surface area contributed by atoms with E-state index in [-0.39, 0.29) is 5.91 Å². The summed E-state index contributed by atoms with van der Waals surface area (Å²) in [6.07, 6.45) is 4.30. The molecule has 4 aromatic rings. The number of nitrogens with zero attached hydrogens (tertiary/aromatic N) is 1. The lowest BCUT2D eigenvalue weighted by molar-refractivity contribution is -0.111. The Balaban J connectivity index is 1.57. The molecule has 0 radical (unpaired) electrons. The van der Waals surface area contributed by atoms with Gasteiger partial charge in [0.2, 0.25) is 11.8 Å². The molecule has 1 heterocycles. The summed E-state index contributed by atoms with van der Waals surface area (Å²) >= 11 is 6.31. The molecule has 0 aliphatic heterocycles. The number of rotatable bonds is 6. The lowest BCUT2D eigenvalue weighted by atomic mass is 9.98. The molecule has 0 fully saturated rings. The van der Waals surface area contributed by atoms with Crippen LogP contribution in [0.25, 0.3) is 28.6 Å². The van der Waals surface area contributed by atoms with Crippen molar-refractivity contribution in [2.24, 2.45) is 0 Å². The molecule has 4 nitrogen and oxygen atoms in total. The maximum absolute atomic E-state index is 12.4. The van der Waals surface area contributed by atoms with Gasteiger partial charge >= 0.3 is 0 Å². The third-order valence-electron chi connectivity index (χ3n) is 5.29. The van der Waals surface area contributed by atoms with Gasteiger partial charge in [0.1, 0.15) is 5.52 Å². The highest BCUT2D eigenvalue weighted by Crippen LogP contribution is 2.31. The first kappa shape index (κ1) is 20.9. The summed E-state index contributed by atoms with van der Waals surface area (Å²) in [6.45, 7) is 4.37. The average Bonchev–Trinajstić information content (AvgIpc) is 3.22. The number of carbonyl (C=O) groups is 1. The van der Waals surface area contributed by atoms with Gasteiger partial charge in [-0.2, -0.15) is 0 Å². The molecule has 0 aliphatic carbocycles. The van der Waals surface area contributed by atoms with Crippen molar-refractivity contribution in [2.45, 2.75) is 26.2 Å². The molecule has 0 saturated heterocycles. The fraction of sp³-hybridized carbons (Fsp3) is 0.154. The molecule has 4 rings (SSSR count). The van der Waals surface area contributed by atoms with E-state index in [2.05, 4.69) is 36.3 Å². The lowest BCUT2D eigenvalue weighted by Gasteiger charge is -2.07. The third kappa shape index (κ3) is 4.86. The van der Waals surface area contributed by atoms with Crippen LogP contribution in [-0.2, 0) is 4.79 Å². The molecule has 0 bridgehead atoms. The molecular weight excluding hydrogens is 408 g/mol. The Morgan fingerprint density at radius 3 is 2.71 bits per heavy atom. The second-order valence-electron chi connectivity index (χ2n) is 7.48. The van der Waals surface area contributed by atoms with Gasteiger partial charge in [0.25, 0.3) is 0 Å². The molecule has 3 aromatic carbocycles. The van der Waals surface area contributed by atoms with Gasteiger partial charge in [-0.25, -0.2) is 4.98 Å². The van der Waals surface area contributed by atoms with Crippen molar-refractivity contribution in [3.05, 3.63) is 89.0 Å². The van der Waals surface area contributed by atoms with Crippen molar-refractivity contribution in [3.63, 3.8) is 0 Å². The number of amides is 1. The number of hydrogen-bond acceptors (Lipinski definition) is 3. The van der Waals surface area contributed by atoms with Gasteiger partial charge in [0.15, 0.2) is 5.58 Å². The number of hydrogen-bond donors (Lipinski definition) is 1. The quantitative estimate of drug-likeness (QED) is 0.326. The maximum atomic E-state index is 12.4. The molecule has 31 heavy (non-hydrogen) atoms. The highest BCUT2D eigenvalue weighted by atomic mass is 35.5. The minimum absolute atomic E-state index is 0.265. The Morgan fingerprint density at radius 2 is 1.94 bits per heavy atom. The zero-order valence-corrected chi connectivity index (χ0v) is 18.2. The van der Waals surface area contributed by atoms with E-state index < -0.39 is 0 Å². The lowest BCUT2D eigenvalue weighted by Crippen LogP contribution is -2.08. The van der Waals surface area contributed by atoms with Crippen molar-refractivity contribution >= 4 is 40.4 Å². The van der Waals surface area contributed by atoms with E-state index in [1.807, 2.05) is 42.5 Å². The normalized spacial score (nSPS) is 12.4. The molecule has 0 unspecified atom stereocenters. The Bertz CT molecular complexity index is 1240. The molecule has 1 N–H and O–H groups in total. The van der Waals surface area contributed by atoms with Crippen molar-refractivity contribution in [1.29, 1.82) is 0 Å². The van der Waals surface area contributed by atoms with Crippen LogP contribution >= 0.6 is 11.6 Å². The van der Waals surface area contributed by atoms with Crippen molar-refractivity contribution in [3.8, 4) is 11.5 Å². The number of aromatic nitrogens is 1. The van der Waals surface area contributed by atoms with Gasteiger partial charge in [-0.05, 0) is 59.9 Å². The minimum atomic E-state index is -0.265. The van der Waals surface area contributed by atoms with Crippen molar-refractivity contribution < 1.29 is 9.21 Å². The van der Waals surface area contributed by atoms with E-state index >= 15 is 0 Å². The van der Waals surface area contributed by atoms with E-state index in [4.69, 9.17) is 16.0 Å². The SMILES string of the molecule is CC[C@@H](C)c1ccc2oc(-c3ccc(Cl)c(NC(=O)/C=C/c4ccccc4)c3)nc2c1. The number of oxazole rings is 1. The van der Waals surface area contributed by atoms with Gasteiger partial charge < -0.3 is 9.73 Å². The number of anilines is 1. The Kier molecular flexibility index (Phi) is 6.19. The molecular formula is C26H23ClN2O2. The number of benzene rings is 3. The highest BCUT2D eigenvalue weighted by molar-refractivity contribution is 6.34. The summed E-state index contributed by atoms with van der Waals surface area (Å²) in [7, 11) is 0. The number of nitrogens with one attached hydrogen (secondary N) is 1. The Labute approximate surface area is 186 Å². The van der Waals surface area contributed by atoms with E-state index in [9.17, 15) is 4.79 Å². The second kappa shape index (κ2) is 9.19. The van der Waals surface area contributed by atoms with E-state index in [1.54, 1.807) is 18.2 Å². The van der Waals surface area contributed by atoms with Gasteiger partial charge in [-0.1, -0.05) is 61.8 Å². The zero-order valence-electron chi connectivity index (χ0n) is 17.4. The number of carbonyl (C=O) groups excluding carboxylic acids is 1. The van der Waals surface area contributed by atoms with Crippen LogP contribution in [0.4, 0.5) is 5.69 Å². The van der Waals surface area contributed by atoms with Crippen molar-refractivity contribution in [1.82, 2.24) is 4.98 Å². The Hall–Kier alpha value is -3.37. The van der Waals surface area contributed by atoms with E-state index in [0.717, 1.165) is 28.6 Å². The largest absolute Gasteiger partial charge is 0.436 e. The second-order valence-corrected chi connectivity index (χ2v) is 7.89. The minimum Gasteiger partial charge on any atom is -0.436 e. The summed E-state index contributed by atoms with van der Waals surface area (Å²) in [5.74, 6) is 0.688. The number of halogens is 1. The van der Waals surface area contributed by atoms with Crippen molar-refractivity contribution in [2.75, 3.05) is 5.32 Å². The average molecular weight is 431 g/mol. The molecule has 1 atom stereocenters. The van der Waals surface area contributed by atoms with E-state index in [1.165, 1.54) is 11.6 Å². The summed E-state index contributed by atoms with van der Waals surface area (Å²) in [4.78, 5) is 17.0. The van der Waals surface area contributed by atoms with Crippen LogP contribution < -0.4 is 5.32 Å². The standard InChI is InChI=1S/C26H23ClN2O2/c1-3-17(2)19-11-13-24-23(15-19)29-26(31-24)20-10-12-21(27)22(16-20)28-25(30)14-9-18-7-5-4-6-8-18/h4-17H,3H2,1-2H3,(H,28,30)/b14-9+/t17-/m1/s1. The molecule has 156 valence electrons. The molecule has 1 amide bonds. The highest BCUT2D eigenvalue weighted by Gasteiger charge is 2.13. The summed E-state index contributed by atoms with van der Waals surface area (Å²) < 4.78 is 5.95. The van der Waals surface area contributed by atoms with Crippen LogP contribution in [0.15, 0.2) is 77.2 Å². The smallest absolute Gasteiger partial charge is 0.248 e. The fourth-order valence-electron chi connectivity index (χ4n) is 3.27. The van der Waals surface area contributed by atoms with Gasteiger partial charge in [0.05, 0.1) is 10.7 Å². The first-order valence-corrected chi connectivity index (χ1v) is 10.7. The van der Waals surface area contributed by atoms with Crippen LogP contribution in [0.5, 0.6) is 0 Å². The predicted molar refractivity (Wildman–Crippen MR) is 127 cm³/mol. The molecule has 5 heteroatoms. The molecule has 0 saturated carbocycles. The summed E-state index contributed by atoms with van der Waals surface area (Å²) in [6, 6.07) is 21.1. The maximum Gasteiger partial charge on any atom is 0.248 e. The monoisotopic (exact) mass is 430 g/mol. The molecule has 0 aliphatic rings. The first-order chi connectivity index (χ1) is 15.0. The first-order valence-electron chi connectivity index (χ1n) is 10.3. The van der Waals surface area contributed by atoms with Crippen LogP contribution in [-0.4, -0.2) is 10.9 Å². The van der Waals surface area contributed by atoms with Crippen LogP contribution in [0.3, 0.4) is 0 Å². The molecule has 1 aromatic heterocycles. The van der Waals surface area contributed by atoms with Gasteiger partial charge in [0, 0.05) is 11.6 Å². The molecule has 0 spiro atoms. The van der Waals surface area contributed by atoms with E-state index in [0.29, 0.717) is 22.5 Å². The fourth-order valence-corrected chi connectivity index (χ4v) is 3.44. The van der Waals surface area contributed by atoms with Crippen LogP contribution in [0.2, 0.25) is 5.02 Å². The summed E-state index contributed by atoms with van der Waals surface area (Å²) in [5, 5.41) is 3.27. The topological polar surface area (TPSA) is 55.1 Å². The van der Waals surface area contributed by atoms with Crippen LogP contribution in [0, 0.1) is 0 Å². The summed E-state index contributed by atoms with van der Waals surface area (Å²) in [5.41, 5.74) is 4.98. The Morgan fingerprint density at radius 1 is 1.13 bits per heavy atom. The van der Waals surface area contributed by atoms with Crippen LogP contribution in [0.1, 0.15) is 37.3 Å². The van der Waals surface area contributed by atoms with Gasteiger partial charge in [-0.15, -0.1) is 0 Å². The predicted octanol–water partition coefficient (Wildman–Crippen LogP) is 7.31. The zero-order chi connectivity index (χ0) is 21.8.